The van der Waals surface area contributed by atoms with Gasteiger partial charge in [0.05, 0.1) is 12.7 Å². The quantitative estimate of drug-likeness (QED) is 0.502. The van der Waals surface area contributed by atoms with E-state index >= 15 is 0 Å². The fourth-order valence-corrected chi connectivity index (χ4v) is 5.39. The van der Waals surface area contributed by atoms with Gasteiger partial charge in [-0.05, 0) is 49.1 Å². The van der Waals surface area contributed by atoms with Crippen LogP contribution in [0, 0.1) is 5.92 Å². The van der Waals surface area contributed by atoms with Crippen LogP contribution in [0.5, 0.6) is 0 Å². The van der Waals surface area contributed by atoms with Crippen LogP contribution in [0.25, 0.3) is 10.9 Å². The highest BCUT2D eigenvalue weighted by atomic mass is 19.1. The number of nitrogens with one attached hydrogen (secondary N) is 2. The zero-order valence-electron chi connectivity index (χ0n) is 19.5. The van der Waals surface area contributed by atoms with Crippen molar-refractivity contribution in [3.63, 3.8) is 0 Å². The first-order valence-corrected chi connectivity index (χ1v) is 12.2. The molecule has 0 aliphatic carbocycles. The molecule has 2 N–H and O–H groups in total. The second kappa shape index (κ2) is 9.56. The summed E-state index contributed by atoms with van der Waals surface area (Å²) in [6.45, 7) is 10.9. The van der Waals surface area contributed by atoms with Gasteiger partial charge in [0.25, 0.3) is 0 Å². The molecule has 0 radical (unpaired) electrons. The molecule has 2 aromatic heterocycles. The van der Waals surface area contributed by atoms with Crippen LogP contribution < -0.4 is 5.32 Å². The number of nitrogens with zero attached hydrogens (tertiary/aromatic N) is 3. The van der Waals surface area contributed by atoms with Gasteiger partial charge in [-0.15, -0.1) is 0 Å². The first-order chi connectivity index (χ1) is 16.2. The molecule has 3 aromatic rings. The highest BCUT2D eigenvalue weighted by Crippen LogP contribution is 2.40. The third kappa shape index (κ3) is 4.36. The van der Waals surface area contributed by atoms with Crippen LogP contribution in [0.2, 0.25) is 0 Å². The molecule has 5 nitrogen and oxygen atoms in total. The Morgan fingerprint density at radius 3 is 2.88 bits per heavy atom. The Kier molecular flexibility index (Phi) is 6.36. The molecule has 6 heteroatoms. The largest absolute Gasteiger partial charge is 0.369 e. The van der Waals surface area contributed by atoms with E-state index in [-0.39, 0.29) is 18.6 Å². The lowest BCUT2D eigenvalue weighted by atomic mass is 9.92. The minimum atomic E-state index is -0.201. The fraction of sp³-hybridized carbons (Fsp3) is 0.444. The van der Waals surface area contributed by atoms with Crippen LogP contribution in [0.1, 0.15) is 42.6 Å². The van der Waals surface area contributed by atoms with Crippen molar-refractivity contribution in [2.75, 3.05) is 44.7 Å². The number of likely N-dealkylation sites (tertiary alicyclic amines) is 1. The number of benzene rings is 1. The number of H-pyrrole nitrogens is 1. The van der Waals surface area contributed by atoms with Crippen molar-refractivity contribution in [1.29, 1.82) is 0 Å². The van der Waals surface area contributed by atoms with Crippen LogP contribution in [-0.4, -0.2) is 59.2 Å². The Labute approximate surface area is 195 Å². The summed E-state index contributed by atoms with van der Waals surface area (Å²) in [6.07, 6.45) is 4.92. The number of para-hydroxylation sites is 1. The number of hydrogen-bond acceptors (Lipinski definition) is 4. The normalized spacial score (nSPS) is 20.8. The number of aromatic nitrogens is 2. The molecule has 2 atom stereocenters. The lowest BCUT2D eigenvalue weighted by Gasteiger charge is -2.38. The number of hydrogen-bond donors (Lipinski definition) is 2. The molecule has 1 fully saturated rings. The van der Waals surface area contributed by atoms with Crippen LogP contribution in [0.4, 0.5) is 10.2 Å². The maximum absolute atomic E-state index is 12.8. The van der Waals surface area contributed by atoms with Crippen LogP contribution >= 0.6 is 0 Å². The van der Waals surface area contributed by atoms with Crippen LogP contribution in [0.15, 0.2) is 54.9 Å². The van der Waals surface area contributed by atoms with Gasteiger partial charge < -0.3 is 20.1 Å². The van der Waals surface area contributed by atoms with Gasteiger partial charge in [0.1, 0.15) is 5.82 Å². The first kappa shape index (κ1) is 22.0. The summed E-state index contributed by atoms with van der Waals surface area (Å²) in [4.78, 5) is 13.2. The smallest absolute Gasteiger partial charge is 0.125 e. The van der Waals surface area contributed by atoms with Gasteiger partial charge >= 0.3 is 0 Å². The molecule has 0 amide bonds. The lowest BCUT2D eigenvalue weighted by molar-refractivity contribution is 0.265. The SMILES string of the molecule is C=C(CC)N1CCc2c([nH]c3ccccc23)[C@H]1c1ccc(NCCN2CCC(CF)C2)nc1. The fourth-order valence-electron chi connectivity index (χ4n) is 5.39. The molecule has 5 rings (SSSR count). The van der Waals surface area contributed by atoms with Crippen molar-refractivity contribution in [2.24, 2.45) is 5.92 Å². The van der Waals surface area contributed by atoms with Crippen molar-refractivity contribution in [3.05, 3.63) is 71.7 Å². The van der Waals surface area contributed by atoms with Gasteiger partial charge in [0, 0.05) is 60.6 Å². The van der Waals surface area contributed by atoms with E-state index in [0.717, 1.165) is 63.5 Å². The summed E-state index contributed by atoms with van der Waals surface area (Å²) in [7, 11) is 0. The molecular weight excluding hydrogens is 413 g/mol. The highest BCUT2D eigenvalue weighted by Gasteiger charge is 2.32. The van der Waals surface area contributed by atoms with Crippen molar-refractivity contribution >= 4 is 16.7 Å². The van der Waals surface area contributed by atoms with Gasteiger partial charge in [-0.2, -0.15) is 0 Å². The van der Waals surface area contributed by atoms with E-state index < -0.39 is 0 Å². The number of allylic oxidation sites excluding steroid dienone is 1. The van der Waals surface area contributed by atoms with E-state index in [1.165, 1.54) is 27.7 Å². The van der Waals surface area contributed by atoms with E-state index in [4.69, 9.17) is 4.98 Å². The summed E-state index contributed by atoms with van der Waals surface area (Å²) >= 11 is 0. The monoisotopic (exact) mass is 447 g/mol. The average Bonchev–Trinajstić information content (AvgIpc) is 3.47. The Bertz CT molecular complexity index is 1110. The number of rotatable bonds is 8. The van der Waals surface area contributed by atoms with Gasteiger partial charge in [0.15, 0.2) is 0 Å². The summed E-state index contributed by atoms with van der Waals surface area (Å²) in [5.41, 5.74) is 6.20. The predicted octanol–water partition coefficient (Wildman–Crippen LogP) is 5.14. The Hall–Kier alpha value is -2.86. The van der Waals surface area contributed by atoms with Gasteiger partial charge in [0.2, 0.25) is 0 Å². The third-order valence-electron chi connectivity index (χ3n) is 7.27. The summed E-state index contributed by atoms with van der Waals surface area (Å²) in [5.74, 6) is 1.10. The van der Waals surface area contributed by atoms with Crippen molar-refractivity contribution in [3.8, 4) is 0 Å². The highest BCUT2D eigenvalue weighted by molar-refractivity contribution is 5.85. The predicted molar refractivity (Wildman–Crippen MR) is 133 cm³/mol. The molecule has 2 aliphatic rings. The number of halogens is 1. The average molecular weight is 448 g/mol. The first-order valence-electron chi connectivity index (χ1n) is 12.2. The molecule has 174 valence electrons. The van der Waals surface area contributed by atoms with Crippen LogP contribution in [-0.2, 0) is 6.42 Å². The Balaban J connectivity index is 1.34. The standard InChI is InChI=1S/C27H34FN5/c1-3-19(2)33-14-11-23-22-6-4-5-7-24(22)31-26(23)27(33)21-8-9-25(30-17-21)29-12-15-32-13-10-20(16-28)18-32/h4-9,17,20,27,31H,2-3,10-16,18H2,1H3,(H,29,30)/t20?,27-/m1/s1. The topological polar surface area (TPSA) is 47.2 Å². The Morgan fingerprint density at radius 1 is 1.24 bits per heavy atom. The van der Waals surface area contributed by atoms with Gasteiger partial charge in [-0.1, -0.05) is 37.8 Å². The Morgan fingerprint density at radius 2 is 2.12 bits per heavy atom. The molecule has 0 spiro atoms. The van der Waals surface area contributed by atoms with Crippen molar-refractivity contribution in [1.82, 2.24) is 19.8 Å². The number of pyridine rings is 1. The van der Waals surface area contributed by atoms with E-state index in [1.807, 2.05) is 6.20 Å². The number of alkyl halides is 1. The second-order valence-electron chi connectivity index (χ2n) is 9.34. The molecule has 0 saturated carbocycles. The maximum Gasteiger partial charge on any atom is 0.125 e. The van der Waals surface area contributed by atoms with Crippen molar-refractivity contribution in [2.45, 2.75) is 32.2 Å². The van der Waals surface area contributed by atoms with Gasteiger partial charge in [-0.3, -0.25) is 4.39 Å². The molecule has 2 aliphatic heterocycles. The number of anilines is 1. The molecular formula is C27H34FN5. The molecule has 1 aromatic carbocycles. The number of fused-ring (bicyclic) bond motifs is 3. The molecule has 33 heavy (non-hydrogen) atoms. The summed E-state index contributed by atoms with van der Waals surface area (Å²) in [5, 5.41) is 4.76. The molecule has 4 heterocycles. The minimum absolute atomic E-state index is 0.0948. The van der Waals surface area contributed by atoms with E-state index in [1.54, 1.807) is 0 Å². The molecule has 1 unspecified atom stereocenters. The van der Waals surface area contributed by atoms with Crippen LogP contribution in [0.3, 0.4) is 0 Å². The van der Waals surface area contributed by atoms with Gasteiger partial charge in [-0.25, -0.2) is 4.98 Å². The molecule has 1 saturated heterocycles. The zero-order chi connectivity index (χ0) is 22.8. The summed E-state index contributed by atoms with van der Waals surface area (Å²) < 4.78 is 12.8. The zero-order valence-corrected chi connectivity index (χ0v) is 19.5. The minimum Gasteiger partial charge on any atom is -0.369 e. The third-order valence-corrected chi connectivity index (χ3v) is 7.27. The van der Waals surface area contributed by atoms with Crippen molar-refractivity contribution < 1.29 is 4.39 Å². The summed E-state index contributed by atoms with van der Waals surface area (Å²) in [6, 6.07) is 12.9. The molecule has 0 bridgehead atoms. The van der Waals surface area contributed by atoms with E-state index in [2.05, 4.69) is 70.0 Å². The maximum atomic E-state index is 12.8. The van der Waals surface area contributed by atoms with E-state index in [0.29, 0.717) is 0 Å². The van der Waals surface area contributed by atoms with E-state index in [9.17, 15) is 4.39 Å². The second-order valence-corrected chi connectivity index (χ2v) is 9.34. The number of aromatic amines is 1. The lowest BCUT2D eigenvalue weighted by Crippen LogP contribution is -2.35.